The van der Waals surface area contributed by atoms with Crippen molar-refractivity contribution in [1.29, 1.82) is 0 Å². The van der Waals surface area contributed by atoms with Crippen molar-refractivity contribution in [1.82, 2.24) is 10.2 Å². The van der Waals surface area contributed by atoms with Crippen molar-refractivity contribution < 1.29 is 0 Å². The maximum Gasteiger partial charge on any atom is 0.0426 e. The number of nitrogens with zero attached hydrogens (tertiary/aromatic N) is 1. The number of rotatable bonds is 3. The minimum Gasteiger partial charge on any atom is -0.383 e. The molecule has 1 aromatic carbocycles. The van der Waals surface area contributed by atoms with Crippen LogP contribution in [-0.4, -0.2) is 44.2 Å². The van der Waals surface area contributed by atoms with Crippen LogP contribution in [0.15, 0.2) is 24.3 Å². The average molecular weight is 240 g/mol. The third-order valence-corrected chi connectivity index (χ3v) is 3.25. The first-order valence-corrected chi connectivity index (χ1v) is 6.04. The smallest absolute Gasteiger partial charge is 0.0426 e. The maximum absolute atomic E-state index is 5.93. The number of likely N-dealkylation sites (N-methyl/N-ethyl adjacent to an activating group) is 1. The number of benzene rings is 1. The number of anilines is 1. The molecule has 16 heavy (non-hydrogen) atoms. The molecule has 0 saturated carbocycles. The summed E-state index contributed by atoms with van der Waals surface area (Å²) in [6.45, 7) is 4.19. The van der Waals surface area contributed by atoms with Crippen LogP contribution in [0.4, 0.5) is 5.69 Å². The normalized spacial score (nSPS) is 22.0. The van der Waals surface area contributed by atoms with Crippen LogP contribution < -0.4 is 10.6 Å². The zero-order valence-electron chi connectivity index (χ0n) is 9.54. The molecule has 88 valence electrons. The number of halogens is 1. The SMILES string of the molecule is CN1CCNCC1CNc1cccc(Cl)c1. The van der Waals surface area contributed by atoms with Crippen LogP contribution in [0.5, 0.6) is 0 Å². The van der Waals surface area contributed by atoms with Gasteiger partial charge in [0.15, 0.2) is 0 Å². The zero-order chi connectivity index (χ0) is 11.4. The van der Waals surface area contributed by atoms with Gasteiger partial charge in [0.2, 0.25) is 0 Å². The molecule has 0 spiro atoms. The van der Waals surface area contributed by atoms with Crippen LogP contribution in [0.3, 0.4) is 0 Å². The highest BCUT2D eigenvalue weighted by molar-refractivity contribution is 6.30. The van der Waals surface area contributed by atoms with Gasteiger partial charge in [-0.3, -0.25) is 4.90 Å². The Balaban J connectivity index is 1.86. The molecule has 1 heterocycles. The van der Waals surface area contributed by atoms with E-state index < -0.39 is 0 Å². The van der Waals surface area contributed by atoms with Crippen LogP contribution >= 0.6 is 11.6 Å². The lowest BCUT2D eigenvalue weighted by atomic mass is 10.2. The summed E-state index contributed by atoms with van der Waals surface area (Å²) in [5.74, 6) is 0. The lowest BCUT2D eigenvalue weighted by Gasteiger charge is -2.33. The van der Waals surface area contributed by atoms with E-state index in [1.165, 1.54) is 0 Å². The van der Waals surface area contributed by atoms with Gasteiger partial charge >= 0.3 is 0 Å². The maximum atomic E-state index is 5.93. The topological polar surface area (TPSA) is 27.3 Å². The third kappa shape index (κ3) is 3.11. The quantitative estimate of drug-likeness (QED) is 0.840. The average Bonchev–Trinajstić information content (AvgIpc) is 2.28. The first kappa shape index (κ1) is 11.7. The van der Waals surface area contributed by atoms with Gasteiger partial charge in [0, 0.05) is 42.9 Å². The fraction of sp³-hybridized carbons (Fsp3) is 0.500. The van der Waals surface area contributed by atoms with E-state index in [0.29, 0.717) is 6.04 Å². The van der Waals surface area contributed by atoms with Crippen molar-refractivity contribution in [3.8, 4) is 0 Å². The van der Waals surface area contributed by atoms with Gasteiger partial charge in [0.25, 0.3) is 0 Å². The fourth-order valence-corrected chi connectivity index (χ4v) is 2.11. The van der Waals surface area contributed by atoms with E-state index in [1.54, 1.807) is 0 Å². The molecule has 1 unspecified atom stereocenters. The fourth-order valence-electron chi connectivity index (χ4n) is 1.92. The van der Waals surface area contributed by atoms with E-state index >= 15 is 0 Å². The van der Waals surface area contributed by atoms with Gasteiger partial charge in [-0.1, -0.05) is 17.7 Å². The summed E-state index contributed by atoms with van der Waals surface area (Å²) in [5, 5.41) is 7.60. The lowest BCUT2D eigenvalue weighted by Crippen LogP contribution is -2.52. The highest BCUT2D eigenvalue weighted by Gasteiger charge is 2.17. The Morgan fingerprint density at radius 1 is 1.56 bits per heavy atom. The molecule has 0 aromatic heterocycles. The van der Waals surface area contributed by atoms with Crippen molar-refractivity contribution in [2.45, 2.75) is 6.04 Å². The van der Waals surface area contributed by atoms with Crippen molar-refractivity contribution in [3.63, 3.8) is 0 Å². The minimum atomic E-state index is 0.549. The molecule has 1 atom stereocenters. The summed E-state index contributed by atoms with van der Waals surface area (Å²) in [4.78, 5) is 2.38. The van der Waals surface area contributed by atoms with Crippen molar-refractivity contribution >= 4 is 17.3 Å². The lowest BCUT2D eigenvalue weighted by molar-refractivity contribution is 0.209. The molecule has 0 aliphatic carbocycles. The van der Waals surface area contributed by atoms with Crippen LogP contribution in [-0.2, 0) is 0 Å². The van der Waals surface area contributed by atoms with Crippen molar-refractivity contribution in [2.24, 2.45) is 0 Å². The van der Waals surface area contributed by atoms with Gasteiger partial charge in [-0.05, 0) is 25.2 Å². The number of nitrogens with one attached hydrogen (secondary N) is 2. The second kappa shape index (κ2) is 5.53. The zero-order valence-corrected chi connectivity index (χ0v) is 10.3. The van der Waals surface area contributed by atoms with Gasteiger partial charge < -0.3 is 10.6 Å². The van der Waals surface area contributed by atoms with E-state index in [0.717, 1.165) is 36.9 Å². The molecule has 0 bridgehead atoms. The molecular weight excluding hydrogens is 222 g/mol. The molecule has 2 N–H and O–H groups in total. The van der Waals surface area contributed by atoms with E-state index in [-0.39, 0.29) is 0 Å². The molecule has 0 amide bonds. The van der Waals surface area contributed by atoms with Gasteiger partial charge in [-0.15, -0.1) is 0 Å². The summed E-state index contributed by atoms with van der Waals surface area (Å²) in [5.41, 5.74) is 1.09. The molecule has 1 aliphatic rings. The first-order chi connectivity index (χ1) is 7.75. The summed E-state index contributed by atoms with van der Waals surface area (Å²) < 4.78 is 0. The van der Waals surface area contributed by atoms with Crippen LogP contribution in [0, 0.1) is 0 Å². The van der Waals surface area contributed by atoms with Crippen molar-refractivity contribution in [3.05, 3.63) is 29.3 Å². The van der Waals surface area contributed by atoms with Crippen LogP contribution in [0.1, 0.15) is 0 Å². The molecule has 1 aromatic rings. The van der Waals surface area contributed by atoms with Gasteiger partial charge in [-0.2, -0.15) is 0 Å². The summed E-state index contributed by atoms with van der Waals surface area (Å²) in [6.07, 6.45) is 0. The Bertz CT molecular complexity index is 343. The Kier molecular flexibility index (Phi) is 4.04. The number of piperazine rings is 1. The highest BCUT2D eigenvalue weighted by Crippen LogP contribution is 2.15. The molecule has 1 aliphatic heterocycles. The Morgan fingerprint density at radius 3 is 3.19 bits per heavy atom. The molecule has 1 saturated heterocycles. The standard InChI is InChI=1S/C12H18ClN3/c1-16-6-5-14-8-12(16)9-15-11-4-2-3-10(13)7-11/h2-4,7,12,14-15H,5-6,8-9H2,1H3. The van der Waals surface area contributed by atoms with E-state index in [4.69, 9.17) is 11.6 Å². The summed E-state index contributed by atoms with van der Waals surface area (Å²) in [6, 6.07) is 8.40. The molecule has 1 fully saturated rings. The number of hydrogen-bond acceptors (Lipinski definition) is 3. The largest absolute Gasteiger partial charge is 0.383 e. The van der Waals surface area contributed by atoms with Gasteiger partial charge in [0.05, 0.1) is 0 Å². The van der Waals surface area contributed by atoms with Crippen LogP contribution in [0.2, 0.25) is 5.02 Å². The van der Waals surface area contributed by atoms with Crippen LogP contribution in [0.25, 0.3) is 0 Å². The summed E-state index contributed by atoms with van der Waals surface area (Å²) >= 11 is 5.93. The first-order valence-electron chi connectivity index (χ1n) is 5.66. The van der Waals surface area contributed by atoms with E-state index in [1.807, 2.05) is 24.3 Å². The molecular formula is C12H18ClN3. The highest BCUT2D eigenvalue weighted by atomic mass is 35.5. The molecule has 3 nitrogen and oxygen atoms in total. The Hall–Kier alpha value is -0.770. The predicted octanol–water partition coefficient (Wildman–Crippen LogP) is 1.66. The van der Waals surface area contributed by atoms with E-state index in [9.17, 15) is 0 Å². The van der Waals surface area contributed by atoms with Crippen molar-refractivity contribution in [2.75, 3.05) is 38.5 Å². The number of hydrogen-bond donors (Lipinski definition) is 2. The predicted molar refractivity (Wildman–Crippen MR) is 69.2 cm³/mol. The second-order valence-corrected chi connectivity index (χ2v) is 4.67. The molecule has 4 heteroatoms. The molecule has 2 rings (SSSR count). The third-order valence-electron chi connectivity index (χ3n) is 3.01. The van der Waals surface area contributed by atoms with Gasteiger partial charge in [0.1, 0.15) is 0 Å². The monoisotopic (exact) mass is 239 g/mol. The van der Waals surface area contributed by atoms with E-state index in [2.05, 4.69) is 22.6 Å². The minimum absolute atomic E-state index is 0.549. The summed E-state index contributed by atoms with van der Waals surface area (Å²) in [7, 11) is 2.17. The van der Waals surface area contributed by atoms with Gasteiger partial charge in [-0.25, -0.2) is 0 Å². The second-order valence-electron chi connectivity index (χ2n) is 4.23. The Labute approximate surface area is 102 Å². The molecule has 0 radical (unpaired) electrons. The Morgan fingerprint density at radius 2 is 2.44 bits per heavy atom.